The number of hydrogen-bond donors (Lipinski definition) is 5. The lowest BCUT2D eigenvalue weighted by atomic mass is 9.97. The summed E-state index contributed by atoms with van der Waals surface area (Å²) in [6, 6.07) is 7.51. The molecule has 0 saturated carbocycles. The molecule has 2 fully saturated rings. The summed E-state index contributed by atoms with van der Waals surface area (Å²) in [6.07, 6.45) is -2.52. The summed E-state index contributed by atoms with van der Waals surface area (Å²) in [5.74, 6) is -0.283. The number of carbonyl (C=O) groups is 1. The van der Waals surface area contributed by atoms with E-state index in [1.54, 1.807) is 38.2 Å². The van der Waals surface area contributed by atoms with Crippen LogP contribution < -0.4 is 22.1 Å². The Morgan fingerprint density at radius 1 is 1.11 bits per heavy atom. The molecule has 4 rings (SSSR count). The monoisotopic (exact) mass is 503 g/mol. The number of carbonyl (C=O) groups excluding carboxylic acids is 1. The second-order valence-electron chi connectivity index (χ2n) is 9.13. The highest BCUT2D eigenvalue weighted by molar-refractivity contribution is 6.03. The maximum Gasteiger partial charge on any atom is 0.351 e. The van der Waals surface area contributed by atoms with Crippen LogP contribution in [0.1, 0.15) is 43.3 Å². The third-order valence-corrected chi connectivity index (χ3v) is 6.64. The van der Waals surface area contributed by atoms with Gasteiger partial charge in [0.15, 0.2) is 6.29 Å². The standard InChI is InChI=1S/C24H33N5O7/c1-12-16(36-23-21(31)20(30)19(26-3)13(2)35-23)8-9-18(34-12)29-11-10-17(28-24(29)33)27-22(32)14-4-6-15(25)7-5-14/h4-7,10-13,16,18-21,23,26,30-31H,8-9,25H2,1-3H3,(H,27,28,32,33). The minimum atomic E-state index is -1.22. The normalized spacial score (nSPS) is 32.7. The van der Waals surface area contributed by atoms with E-state index >= 15 is 0 Å². The number of rotatable bonds is 6. The predicted molar refractivity (Wildman–Crippen MR) is 130 cm³/mol. The Hall–Kier alpha value is -2.87. The van der Waals surface area contributed by atoms with Crippen LogP contribution >= 0.6 is 0 Å². The third-order valence-electron chi connectivity index (χ3n) is 6.64. The van der Waals surface area contributed by atoms with E-state index in [0.29, 0.717) is 24.1 Å². The van der Waals surface area contributed by atoms with Crippen LogP contribution in [0.3, 0.4) is 0 Å². The van der Waals surface area contributed by atoms with Gasteiger partial charge < -0.3 is 40.8 Å². The number of nitrogens with one attached hydrogen (secondary N) is 2. The van der Waals surface area contributed by atoms with E-state index < -0.39 is 54.6 Å². The van der Waals surface area contributed by atoms with Gasteiger partial charge in [0.2, 0.25) is 0 Å². The van der Waals surface area contributed by atoms with Gasteiger partial charge in [0, 0.05) is 17.4 Å². The van der Waals surface area contributed by atoms with Gasteiger partial charge in [0.25, 0.3) is 5.91 Å². The summed E-state index contributed by atoms with van der Waals surface area (Å²) in [5, 5.41) is 26.4. The van der Waals surface area contributed by atoms with Crippen molar-refractivity contribution in [1.82, 2.24) is 14.9 Å². The number of amides is 1. The molecule has 3 heterocycles. The lowest BCUT2D eigenvalue weighted by Crippen LogP contribution is -2.62. The Bertz CT molecular complexity index is 1110. The fraction of sp³-hybridized carbons (Fsp3) is 0.542. The molecule has 36 heavy (non-hydrogen) atoms. The van der Waals surface area contributed by atoms with Gasteiger partial charge >= 0.3 is 5.69 Å². The molecule has 2 aromatic rings. The van der Waals surface area contributed by atoms with Gasteiger partial charge in [0.05, 0.1) is 24.4 Å². The van der Waals surface area contributed by atoms with Crippen LogP contribution in [0.5, 0.6) is 0 Å². The first kappa shape index (κ1) is 26.2. The van der Waals surface area contributed by atoms with Crippen molar-refractivity contribution in [2.24, 2.45) is 0 Å². The van der Waals surface area contributed by atoms with E-state index in [0.717, 1.165) is 0 Å². The molecular weight excluding hydrogens is 470 g/mol. The van der Waals surface area contributed by atoms with E-state index in [1.807, 2.05) is 6.92 Å². The number of nitrogens with zero attached hydrogens (tertiary/aromatic N) is 2. The number of benzene rings is 1. The number of aromatic nitrogens is 2. The molecule has 2 aliphatic rings. The van der Waals surface area contributed by atoms with Crippen molar-refractivity contribution in [3.05, 3.63) is 52.6 Å². The number of ether oxygens (including phenoxy) is 3. The van der Waals surface area contributed by atoms with Crippen LogP contribution in [0.4, 0.5) is 11.5 Å². The van der Waals surface area contributed by atoms with Gasteiger partial charge in [0.1, 0.15) is 24.3 Å². The summed E-state index contributed by atoms with van der Waals surface area (Å²) in [4.78, 5) is 29.0. The Balaban J connectivity index is 1.36. The number of aliphatic hydroxyl groups excluding tert-OH is 2. The maximum absolute atomic E-state index is 12.7. The molecule has 2 saturated heterocycles. The van der Waals surface area contributed by atoms with Crippen LogP contribution in [-0.2, 0) is 14.2 Å². The molecule has 2 aliphatic heterocycles. The van der Waals surface area contributed by atoms with Gasteiger partial charge in [-0.3, -0.25) is 9.36 Å². The summed E-state index contributed by atoms with van der Waals surface area (Å²) in [7, 11) is 1.69. The molecule has 12 nitrogen and oxygen atoms in total. The minimum Gasteiger partial charge on any atom is -0.399 e. The quantitative estimate of drug-likeness (QED) is 0.344. The van der Waals surface area contributed by atoms with E-state index in [2.05, 4.69) is 15.6 Å². The maximum atomic E-state index is 12.7. The van der Waals surface area contributed by atoms with Crippen molar-refractivity contribution < 1.29 is 29.2 Å². The molecule has 8 atom stereocenters. The molecule has 1 amide bonds. The van der Waals surface area contributed by atoms with Crippen molar-refractivity contribution in [3.8, 4) is 0 Å². The number of nitrogens with two attached hydrogens (primary N) is 1. The molecule has 196 valence electrons. The van der Waals surface area contributed by atoms with Crippen molar-refractivity contribution in [2.45, 2.75) is 75.8 Å². The lowest BCUT2D eigenvalue weighted by Gasteiger charge is -2.44. The van der Waals surface area contributed by atoms with Crippen LogP contribution in [0.15, 0.2) is 41.3 Å². The van der Waals surface area contributed by atoms with E-state index in [-0.39, 0.29) is 11.9 Å². The van der Waals surface area contributed by atoms with Crippen LogP contribution in [0, 0.1) is 0 Å². The Morgan fingerprint density at radius 2 is 1.83 bits per heavy atom. The largest absolute Gasteiger partial charge is 0.399 e. The van der Waals surface area contributed by atoms with Crippen molar-refractivity contribution in [1.29, 1.82) is 0 Å². The molecule has 1 aromatic heterocycles. The van der Waals surface area contributed by atoms with E-state index in [9.17, 15) is 19.8 Å². The van der Waals surface area contributed by atoms with Gasteiger partial charge in [-0.25, -0.2) is 4.79 Å². The number of likely N-dealkylation sites (N-methyl/N-ethyl adjacent to an activating group) is 1. The summed E-state index contributed by atoms with van der Waals surface area (Å²) < 4.78 is 19.1. The molecule has 8 unspecified atom stereocenters. The lowest BCUT2D eigenvalue weighted by molar-refractivity contribution is -0.303. The highest BCUT2D eigenvalue weighted by Gasteiger charge is 2.44. The van der Waals surface area contributed by atoms with Gasteiger partial charge in [-0.1, -0.05) is 0 Å². The molecule has 0 aliphatic carbocycles. The zero-order valence-electron chi connectivity index (χ0n) is 20.4. The third kappa shape index (κ3) is 5.59. The minimum absolute atomic E-state index is 0.124. The van der Waals surface area contributed by atoms with Gasteiger partial charge in [-0.2, -0.15) is 4.98 Å². The highest BCUT2D eigenvalue weighted by Crippen LogP contribution is 2.31. The van der Waals surface area contributed by atoms with Crippen LogP contribution in [0.2, 0.25) is 0 Å². The van der Waals surface area contributed by atoms with Crippen LogP contribution in [-0.4, -0.2) is 75.6 Å². The number of aliphatic hydroxyl groups is 2. The van der Waals surface area contributed by atoms with E-state index in [1.165, 1.54) is 16.8 Å². The number of hydrogen-bond acceptors (Lipinski definition) is 10. The zero-order valence-corrected chi connectivity index (χ0v) is 20.4. The van der Waals surface area contributed by atoms with Gasteiger partial charge in [-0.05, 0) is 64.1 Å². The molecule has 0 bridgehead atoms. The number of nitrogen functional groups attached to an aromatic ring is 1. The average Bonchev–Trinajstić information content (AvgIpc) is 2.84. The predicted octanol–water partition coefficient (Wildman–Crippen LogP) is 0.215. The smallest absolute Gasteiger partial charge is 0.351 e. The first-order valence-corrected chi connectivity index (χ1v) is 11.9. The Kier molecular flexibility index (Phi) is 8.03. The highest BCUT2D eigenvalue weighted by atomic mass is 16.7. The summed E-state index contributed by atoms with van der Waals surface area (Å²) in [5.41, 5.74) is 6.01. The zero-order chi connectivity index (χ0) is 26.0. The van der Waals surface area contributed by atoms with E-state index in [4.69, 9.17) is 19.9 Å². The van der Waals surface area contributed by atoms with Crippen molar-refractivity contribution >= 4 is 17.4 Å². The van der Waals surface area contributed by atoms with Crippen LogP contribution in [0.25, 0.3) is 0 Å². The molecule has 0 radical (unpaired) electrons. The number of anilines is 2. The average molecular weight is 504 g/mol. The fourth-order valence-corrected chi connectivity index (χ4v) is 4.57. The van der Waals surface area contributed by atoms with Crippen molar-refractivity contribution in [3.63, 3.8) is 0 Å². The van der Waals surface area contributed by atoms with Crippen molar-refractivity contribution in [2.75, 3.05) is 18.1 Å². The first-order valence-electron chi connectivity index (χ1n) is 11.9. The summed E-state index contributed by atoms with van der Waals surface area (Å²) >= 11 is 0. The first-order chi connectivity index (χ1) is 17.2. The topological polar surface area (TPSA) is 170 Å². The SMILES string of the molecule is CNC1C(C)OC(OC2CCC(n3ccc(NC(=O)c4ccc(N)cc4)nc3=O)OC2C)C(O)C1O. The second-order valence-corrected chi connectivity index (χ2v) is 9.13. The summed E-state index contributed by atoms with van der Waals surface area (Å²) in [6.45, 7) is 3.60. The molecule has 12 heteroatoms. The Morgan fingerprint density at radius 3 is 2.47 bits per heavy atom. The Labute approximate surface area is 208 Å². The molecule has 0 spiro atoms. The van der Waals surface area contributed by atoms with Gasteiger partial charge in [-0.15, -0.1) is 0 Å². The molecule has 6 N–H and O–H groups in total. The molecule has 1 aromatic carbocycles. The molecular formula is C24H33N5O7. The second kappa shape index (κ2) is 11.0. The fourth-order valence-electron chi connectivity index (χ4n) is 4.57.